The number of halogens is 2. The molecule has 1 atom stereocenters. The first-order valence-corrected chi connectivity index (χ1v) is 8.71. The van der Waals surface area contributed by atoms with Crippen LogP contribution in [0.3, 0.4) is 0 Å². The van der Waals surface area contributed by atoms with Gasteiger partial charge >= 0.3 is 0 Å². The molecule has 144 valence electrons. The lowest BCUT2D eigenvalue weighted by atomic mass is 10.2. The number of nitrogens with two attached hydrogens (primary N) is 2. The van der Waals surface area contributed by atoms with Crippen LogP contribution in [0, 0.1) is 6.92 Å². The Morgan fingerprint density at radius 2 is 1.77 bits per heavy atom. The van der Waals surface area contributed by atoms with Crippen LogP contribution in [0.15, 0.2) is 41.3 Å². The van der Waals surface area contributed by atoms with E-state index < -0.39 is 16.2 Å². The second-order valence-corrected chi connectivity index (χ2v) is 7.11. The Balaban J connectivity index is 0.00000169. The molecule has 0 saturated heterocycles. The average Bonchev–Trinajstić information content (AvgIpc) is 2.57. The van der Waals surface area contributed by atoms with E-state index in [2.05, 4.69) is 0 Å². The van der Waals surface area contributed by atoms with E-state index in [1.54, 1.807) is 24.3 Å². The van der Waals surface area contributed by atoms with Gasteiger partial charge in [0.1, 0.15) is 18.9 Å². The first-order valence-electron chi connectivity index (χ1n) is 7.30. The third-order valence-corrected chi connectivity index (χ3v) is 4.92. The van der Waals surface area contributed by atoms with Gasteiger partial charge in [0, 0.05) is 0 Å². The molecule has 4 N–H and O–H groups in total. The van der Waals surface area contributed by atoms with E-state index >= 15 is 0 Å². The third-order valence-electron chi connectivity index (χ3n) is 3.62. The van der Waals surface area contributed by atoms with Gasteiger partial charge in [-0.2, -0.15) is 8.42 Å². The Hall–Kier alpha value is -1.87. The number of benzene rings is 2. The van der Waals surface area contributed by atoms with Crippen LogP contribution in [-0.4, -0.2) is 27.7 Å². The maximum absolute atomic E-state index is 12.2. The highest BCUT2D eigenvalue weighted by atomic mass is 35.5. The summed E-state index contributed by atoms with van der Waals surface area (Å²) in [6, 6.07) is 9.68. The maximum atomic E-state index is 12.2. The molecule has 3 rings (SSSR count). The number of fused-ring (bicyclic) bond motifs is 1. The van der Waals surface area contributed by atoms with Gasteiger partial charge in [-0.1, -0.05) is 17.7 Å². The minimum absolute atomic E-state index is 0. The minimum atomic E-state index is -3.86. The molecule has 0 fully saturated rings. The van der Waals surface area contributed by atoms with Crippen LogP contribution in [0.1, 0.15) is 5.56 Å². The molecule has 2 aromatic rings. The second-order valence-electron chi connectivity index (χ2n) is 5.50. The van der Waals surface area contributed by atoms with Crippen molar-refractivity contribution in [3.8, 4) is 11.5 Å². The molecule has 0 spiro atoms. The van der Waals surface area contributed by atoms with Crippen LogP contribution < -0.4 is 20.9 Å². The first kappa shape index (κ1) is 22.2. The molecule has 0 aliphatic carbocycles. The van der Waals surface area contributed by atoms with Crippen molar-refractivity contribution in [1.82, 2.24) is 0 Å². The summed E-state index contributed by atoms with van der Waals surface area (Å²) in [5.41, 5.74) is 13.2. The smallest absolute Gasteiger partial charge is 0.297 e. The van der Waals surface area contributed by atoms with Crippen molar-refractivity contribution < 1.29 is 22.1 Å². The van der Waals surface area contributed by atoms with Crippen LogP contribution in [0.2, 0.25) is 0 Å². The Bertz CT molecular complexity index is 860. The lowest BCUT2D eigenvalue weighted by molar-refractivity contribution is 0.0564. The quantitative estimate of drug-likeness (QED) is 0.574. The number of nitrogen functional groups attached to an aromatic ring is 2. The summed E-state index contributed by atoms with van der Waals surface area (Å²) in [7, 11) is -3.86. The van der Waals surface area contributed by atoms with E-state index in [0.29, 0.717) is 17.2 Å². The molecule has 0 amide bonds. The van der Waals surface area contributed by atoms with Crippen LogP contribution in [0.25, 0.3) is 0 Å². The van der Waals surface area contributed by atoms with Crippen LogP contribution in [0.4, 0.5) is 11.4 Å². The molecule has 26 heavy (non-hydrogen) atoms. The van der Waals surface area contributed by atoms with Crippen molar-refractivity contribution in [2.45, 2.75) is 17.9 Å². The number of ether oxygens (including phenoxy) is 2. The number of hydrogen-bond acceptors (Lipinski definition) is 7. The van der Waals surface area contributed by atoms with Crippen molar-refractivity contribution in [2.24, 2.45) is 0 Å². The predicted octanol–water partition coefficient (Wildman–Crippen LogP) is 2.55. The molecule has 0 radical (unpaired) electrons. The van der Waals surface area contributed by atoms with Gasteiger partial charge in [0.25, 0.3) is 10.1 Å². The van der Waals surface area contributed by atoms with Crippen LogP contribution in [0.5, 0.6) is 11.5 Å². The minimum Gasteiger partial charge on any atom is -0.486 e. The highest BCUT2D eigenvalue weighted by Crippen LogP contribution is 2.40. The normalized spacial score (nSPS) is 15.5. The fraction of sp³-hybridized carbons (Fsp3) is 0.250. The zero-order chi connectivity index (χ0) is 17.3. The van der Waals surface area contributed by atoms with Crippen molar-refractivity contribution in [3.63, 3.8) is 0 Å². The molecule has 2 aromatic carbocycles. The van der Waals surface area contributed by atoms with E-state index in [4.69, 9.17) is 25.1 Å². The van der Waals surface area contributed by atoms with Gasteiger partial charge in [-0.15, -0.1) is 24.8 Å². The standard InChI is InChI=1S/C16H18N2O5S.2ClH/c1-10-2-4-12(5-3-10)24(19,20)22-9-11-8-21-14-7-6-13(17)15(18)16(14)23-11;;/h2-7,11H,8-9,17-18H2,1H3;2*1H. The fourth-order valence-corrected chi connectivity index (χ4v) is 3.17. The van der Waals surface area contributed by atoms with Crippen molar-refractivity contribution >= 4 is 46.3 Å². The van der Waals surface area contributed by atoms with Gasteiger partial charge in [-0.25, -0.2) is 0 Å². The number of anilines is 2. The molecule has 1 aliphatic heterocycles. The Labute approximate surface area is 164 Å². The average molecular weight is 423 g/mol. The van der Waals surface area contributed by atoms with E-state index in [1.165, 1.54) is 12.1 Å². The molecule has 1 unspecified atom stereocenters. The molecule has 7 nitrogen and oxygen atoms in total. The zero-order valence-corrected chi connectivity index (χ0v) is 16.3. The van der Waals surface area contributed by atoms with E-state index in [0.717, 1.165) is 5.56 Å². The van der Waals surface area contributed by atoms with Gasteiger partial charge in [0.15, 0.2) is 17.6 Å². The molecule has 0 saturated carbocycles. The highest BCUT2D eigenvalue weighted by Gasteiger charge is 2.26. The van der Waals surface area contributed by atoms with Gasteiger partial charge < -0.3 is 20.9 Å². The SMILES string of the molecule is Cc1ccc(S(=O)(=O)OCC2COc3ccc(N)c(N)c3O2)cc1.Cl.Cl. The van der Waals surface area contributed by atoms with E-state index in [1.807, 2.05) is 6.92 Å². The monoisotopic (exact) mass is 422 g/mol. The van der Waals surface area contributed by atoms with Crippen LogP contribution in [-0.2, 0) is 14.3 Å². The fourth-order valence-electron chi connectivity index (χ4n) is 2.23. The topological polar surface area (TPSA) is 114 Å². The molecular formula is C16H20Cl2N2O5S. The summed E-state index contributed by atoms with van der Waals surface area (Å²) in [4.78, 5) is 0.0917. The summed E-state index contributed by atoms with van der Waals surface area (Å²) < 4.78 is 40.7. The second kappa shape index (κ2) is 8.68. The molecule has 0 bridgehead atoms. The molecule has 1 aliphatic rings. The summed E-state index contributed by atoms with van der Waals surface area (Å²) in [6.07, 6.45) is -0.609. The molecule has 10 heteroatoms. The highest BCUT2D eigenvalue weighted by molar-refractivity contribution is 7.86. The zero-order valence-electron chi connectivity index (χ0n) is 13.9. The van der Waals surface area contributed by atoms with Gasteiger partial charge in [0.05, 0.1) is 10.6 Å². The number of aryl methyl sites for hydroxylation is 1. The van der Waals surface area contributed by atoms with Gasteiger partial charge in [-0.3, -0.25) is 4.18 Å². The largest absolute Gasteiger partial charge is 0.486 e. The van der Waals surface area contributed by atoms with Gasteiger partial charge in [0.2, 0.25) is 0 Å². The van der Waals surface area contributed by atoms with Gasteiger partial charge in [-0.05, 0) is 31.2 Å². The third kappa shape index (κ3) is 4.64. The summed E-state index contributed by atoms with van der Waals surface area (Å²) in [5, 5.41) is 0. The summed E-state index contributed by atoms with van der Waals surface area (Å²) in [5.74, 6) is 0.780. The van der Waals surface area contributed by atoms with E-state index in [-0.39, 0.29) is 48.6 Å². The van der Waals surface area contributed by atoms with Crippen molar-refractivity contribution in [2.75, 3.05) is 24.7 Å². The first-order chi connectivity index (χ1) is 11.4. The van der Waals surface area contributed by atoms with Crippen LogP contribution >= 0.6 is 24.8 Å². The summed E-state index contributed by atoms with van der Waals surface area (Å²) in [6.45, 7) is 1.83. The molecule has 0 aromatic heterocycles. The summed E-state index contributed by atoms with van der Waals surface area (Å²) >= 11 is 0. The number of rotatable bonds is 4. The van der Waals surface area contributed by atoms with E-state index in [9.17, 15) is 8.42 Å². The molecule has 1 heterocycles. The number of hydrogen-bond donors (Lipinski definition) is 2. The lowest BCUT2D eigenvalue weighted by Gasteiger charge is -2.27. The lowest BCUT2D eigenvalue weighted by Crippen LogP contribution is -2.34. The Morgan fingerprint density at radius 1 is 1.12 bits per heavy atom. The van der Waals surface area contributed by atoms with Crippen molar-refractivity contribution in [3.05, 3.63) is 42.0 Å². The predicted molar refractivity (Wildman–Crippen MR) is 104 cm³/mol. The Morgan fingerprint density at radius 3 is 2.42 bits per heavy atom. The molecular weight excluding hydrogens is 403 g/mol. The van der Waals surface area contributed by atoms with Crippen molar-refractivity contribution in [1.29, 1.82) is 0 Å². The maximum Gasteiger partial charge on any atom is 0.297 e. The Kier molecular flexibility index (Phi) is 7.40.